The molecule has 5 nitrogen and oxygen atoms in total. The summed E-state index contributed by atoms with van der Waals surface area (Å²) < 4.78 is 13.1. The minimum absolute atomic E-state index is 0.0484. The number of carbonyl (C=O) groups excluding carboxylic acids is 1. The lowest BCUT2D eigenvalue weighted by atomic mass is 10.0. The van der Waals surface area contributed by atoms with Gasteiger partial charge in [0.2, 0.25) is 5.91 Å². The number of aliphatic hydroxyl groups excluding tert-OH is 1. The maximum Gasteiger partial charge on any atom is 0.326 e. The Morgan fingerprint density at radius 1 is 1.33 bits per heavy atom. The zero-order chi connectivity index (χ0) is 16.0. The minimum Gasteiger partial charge on any atom is -0.480 e. The Kier molecular flexibility index (Phi) is 6.30. The van der Waals surface area contributed by atoms with E-state index in [1.54, 1.807) is 6.07 Å². The van der Waals surface area contributed by atoms with E-state index in [1.807, 2.05) is 13.8 Å². The first-order valence-electron chi connectivity index (χ1n) is 6.75. The summed E-state index contributed by atoms with van der Waals surface area (Å²) in [6.07, 6.45) is -1.05. The van der Waals surface area contributed by atoms with Crippen molar-refractivity contribution in [2.24, 2.45) is 5.92 Å². The Bertz CT molecular complexity index is 504. The molecule has 0 unspecified atom stereocenters. The molecule has 21 heavy (non-hydrogen) atoms. The van der Waals surface area contributed by atoms with Crippen molar-refractivity contribution >= 4 is 11.9 Å². The van der Waals surface area contributed by atoms with Crippen LogP contribution in [0.15, 0.2) is 24.3 Å². The molecule has 1 aromatic rings. The van der Waals surface area contributed by atoms with E-state index in [1.165, 1.54) is 18.2 Å². The quantitative estimate of drug-likeness (QED) is 0.709. The number of rotatable bonds is 7. The lowest BCUT2D eigenvalue weighted by Crippen LogP contribution is -2.46. The summed E-state index contributed by atoms with van der Waals surface area (Å²) in [5, 5.41) is 21.1. The Hall–Kier alpha value is -1.95. The molecule has 0 saturated heterocycles. The van der Waals surface area contributed by atoms with E-state index < -0.39 is 29.8 Å². The van der Waals surface area contributed by atoms with Gasteiger partial charge in [-0.2, -0.15) is 0 Å². The van der Waals surface area contributed by atoms with Gasteiger partial charge in [-0.15, -0.1) is 0 Å². The molecule has 0 bridgehead atoms. The van der Waals surface area contributed by atoms with Crippen LogP contribution in [0.5, 0.6) is 0 Å². The topological polar surface area (TPSA) is 86.6 Å². The van der Waals surface area contributed by atoms with Gasteiger partial charge in [0.1, 0.15) is 18.0 Å². The second-order valence-electron chi connectivity index (χ2n) is 5.38. The number of carboxylic acid groups (broad SMARTS) is 1. The van der Waals surface area contributed by atoms with Crippen LogP contribution >= 0.6 is 0 Å². The second kappa shape index (κ2) is 7.73. The average molecular weight is 297 g/mol. The fourth-order valence-electron chi connectivity index (χ4n) is 1.92. The van der Waals surface area contributed by atoms with Gasteiger partial charge in [0.25, 0.3) is 0 Å². The van der Waals surface area contributed by atoms with Crippen molar-refractivity contribution in [3.05, 3.63) is 35.6 Å². The van der Waals surface area contributed by atoms with Crippen molar-refractivity contribution in [2.45, 2.75) is 38.8 Å². The summed E-state index contributed by atoms with van der Waals surface area (Å²) in [5.74, 6) is -2.32. The highest BCUT2D eigenvalue weighted by Gasteiger charge is 2.24. The van der Waals surface area contributed by atoms with Crippen LogP contribution in [0.2, 0.25) is 0 Å². The molecule has 0 saturated carbocycles. The first-order chi connectivity index (χ1) is 9.79. The second-order valence-corrected chi connectivity index (χ2v) is 5.38. The maximum absolute atomic E-state index is 13.1. The molecule has 2 atom stereocenters. The van der Waals surface area contributed by atoms with Crippen molar-refractivity contribution in [3.63, 3.8) is 0 Å². The monoisotopic (exact) mass is 297 g/mol. The van der Waals surface area contributed by atoms with Gasteiger partial charge in [-0.25, -0.2) is 9.18 Å². The molecule has 0 spiro atoms. The van der Waals surface area contributed by atoms with Gasteiger partial charge in [-0.05, 0) is 30.0 Å². The Labute approximate surface area is 122 Å². The van der Waals surface area contributed by atoms with Crippen molar-refractivity contribution in [1.82, 2.24) is 5.32 Å². The third-order valence-electron chi connectivity index (χ3n) is 2.94. The largest absolute Gasteiger partial charge is 0.480 e. The van der Waals surface area contributed by atoms with Crippen LogP contribution in [-0.2, 0) is 16.0 Å². The number of hydrogen-bond acceptors (Lipinski definition) is 3. The van der Waals surface area contributed by atoms with Crippen LogP contribution < -0.4 is 5.32 Å². The van der Waals surface area contributed by atoms with Gasteiger partial charge in [0.05, 0.1) is 0 Å². The molecule has 0 radical (unpaired) electrons. The fraction of sp³-hybridized carbons (Fsp3) is 0.467. The standard InChI is InChI=1S/C15H20FNO4/c1-9(2)6-13(18)14(19)17-12(15(20)21)8-10-4-3-5-11(16)7-10/h3-5,7,9,12-13,18H,6,8H2,1-2H3,(H,17,19)(H,20,21)/t12-,13-/m1/s1. The van der Waals surface area contributed by atoms with Crippen LogP contribution in [-0.4, -0.2) is 34.2 Å². The summed E-state index contributed by atoms with van der Waals surface area (Å²) in [5.41, 5.74) is 0.459. The molecular weight excluding hydrogens is 277 g/mol. The molecule has 0 aliphatic carbocycles. The summed E-state index contributed by atoms with van der Waals surface area (Å²) in [6, 6.07) is 4.31. The summed E-state index contributed by atoms with van der Waals surface area (Å²) >= 11 is 0. The summed E-state index contributed by atoms with van der Waals surface area (Å²) in [7, 11) is 0. The number of hydrogen-bond donors (Lipinski definition) is 3. The molecule has 0 aromatic heterocycles. The Morgan fingerprint density at radius 2 is 2.00 bits per heavy atom. The number of halogens is 1. The normalized spacial score (nSPS) is 13.8. The van der Waals surface area contributed by atoms with Gasteiger partial charge in [0.15, 0.2) is 0 Å². The lowest BCUT2D eigenvalue weighted by Gasteiger charge is -2.18. The van der Waals surface area contributed by atoms with E-state index in [0.717, 1.165) is 0 Å². The van der Waals surface area contributed by atoms with Crippen LogP contribution in [0.4, 0.5) is 4.39 Å². The van der Waals surface area contributed by atoms with Gasteiger partial charge in [-0.3, -0.25) is 4.79 Å². The SMILES string of the molecule is CC(C)C[C@@H](O)C(=O)N[C@H](Cc1cccc(F)c1)C(=O)O. The smallest absolute Gasteiger partial charge is 0.326 e. The number of nitrogens with one attached hydrogen (secondary N) is 1. The molecule has 1 aromatic carbocycles. The van der Waals surface area contributed by atoms with E-state index in [9.17, 15) is 19.1 Å². The Balaban J connectivity index is 2.70. The third-order valence-corrected chi connectivity index (χ3v) is 2.94. The number of benzene rings is 1. The molecule has 0 fully saturated rings. The zero-order valence-electron chi connectivity index (χ0n) is 12.0. The fourth-order valence-corrected chi connectivity index (χ4v) is 1.92. The van der Waals surface area contributed by atoms with Crippen LogP contribution in [0.25, 0.3) is 0 Å². The van der Waals surface area contributed by atoms with Crippen molar-refractivity contribution < 1.29 is 24.2 Å². The maximum atomic E-state index is 13.1. The van der Waals surface area contributed by atoms with Crippen molar-refractivity contribution in [1.29, 1.82) is 0 Å². The highest BCUT2D eigenvalue weighted by Crippen LogP contribution is 2.08. The third kappa shape index (κ3) is 5.91. The summed E-state index contributed by atoms with van der Waals surface area (Å²) in [4.78, 5) is 22.9. The van der Waals surface area contributed by atoms with Gasteiger partial charge in [-0.1, -0.05) is 26.0 Å². The number of carbonyl (C=O) groups is 2. The van der Waals surface area contributed by atoms with Crippen molar-refractivity contribution in [3.8, 4) is 0 Å². The highest BCUT2D eigenvalue weighted by atomic mass is 19.1. The van der Waals surface area contributed by atoms with E-state index in [4.69, 9.17) is 5.11 Å². The van der Waals surface area contributed by atoms with E-state index in [0.29, 0.717) is 5.56 Å². The van der Waals surface area contributed by atoms with Gasteiger partial charge >= 0.3 is 5.97 Å². The highest BCUT2D eigenvalue weighted by molar-refractivity contribution is 5.86. The van der Waals surface area contributed by atoms with Crippen LogP contribution in [0, 0.1) is 11.7 Å². The first-order valence-corrected chi connectivity index (χ1v) is 6.75. The van der Waals surface area contributed by atoms with E-state index in [2.05, 4.69) is 5.32 Å². The molecule has 116 valence electrons. The first kappa shape index (κ1) is 17.1. The number of aliphatic hydroxyl groups is 1. The molecule has 0 aliphatic rings. The molecule has 1 rings (SSSR count). The minimum atomic E-state index is -1.25. The van der Waals surface area contributed by atoms with Gasteiger partial charge in [0, 0.05) is 6.42 Å². The van der Waals surface area contributed by atoms with Crippen LogP contribution in [0.1, 0.15) is 25.8 Å². The number of carboxylic acids is 1. The Morgan fingerprint density at radius 3 is 2.52 bits per heavy atom. The predicted octanol–water partition coefficient (Wildman–Crippen LogP) is 1.34. The van der Waals surface area contributed by atoms with E-state index >= 15 is 0 Å². The van der Waals surface area contributed by atoms with E-state index in [-0.39, 0.29) is 18.8 Å². The number of aliphatic carboxylic acids is 1. The molecule has 6 heteroatoms. The predicted molar refractivity (Wildman–Crippen MR) is 75.1 cm³/mol. The molecular formula is C15H20FNO4. The zero-order valence-corrected chi connectivity index (χ0v) is 12.0. The number of amides is 1. The lowest BCUT2D eigenvalue weighted by molar-refractivity contribution is -0.143. The van der Waals surface area contributed by atoms with Crippen LogP contribution in [0.3, 0.4) is 0 Å². The molecule has 1 amide bonds. The molecule has 3 N–H and O–H groups in total. The molecule has 0 heterocycles. The van der Waals surface area contributed by atoms with Gasteiger partial charge < -0.3 is 15.5 Å². The molecule has 0 aliphatic heterocycles. The van der Waals surface area contributed by atoms with Crippen molar-refractivity contribution in [2.75, 3.05) is 0 Å². The summed E-state index contributed by atoms with van der Waals surface area (Å²) in [6.45, 7) is 3.69. The average Bonchev–Trinajstić information content (AvgIpc) is 2.36.